The highest BCUT2D eigenvalue weighted by Gasteiger charge is 2.58. The van der Waals surface area contributed by atoms with Crippen molar-refractivity contribution >= 4 is 23.4 Å². The third kappa shape index (κ3) is 15.3. The fraction of sp³-hybridized carbons (Fsp3) is 0.797. The van der Waals surface area contributed by atoms with E-state index in [0.717, 1.165) is 5.57 Å². The van der Waals surface area contributed by atoms with Gasteiger partial charge >= 0.3 is 5.97 Å². The Bertz CT molecular complexity index is 2240. The molecule has 20 heteroatoms. The molecule has 8 rings (SSSR count). The molecule has 79 heavy (non-hydrogen) atoms. The van der Waals surface area contributed by atoms with Crippen molar-refractivity contribution in [3.8, 4) is 0 Å². The van der Waals surface area contributed by atoms with Gasteiger partial charge in [0.15, 0.2) is 17.4 Å². The van der Waals surface area contributed by atoms with Gasteiger partial charge in [-0.05, 0) is 50.7 Å². The zero-order valence-electron chi connectivity index (χ0n) is 46.8. The lowest BCUT2D eigenvalue weighted by Gasteiger charge is -2.51. The zero-order valence-corrected chi connectivity index (χ0v) is 47.6. The Morgan fingerprint density at radius 1 is 0.835 bits per heavy atom. The molecule has 7 fully saturated rings. The van der Waals surface area contributed by atoms with Gasteiger partial charge in [-0.25, -0.2) is 0 Å². The third-order valence-corrected chi connectivity index (χ3v) is 18.1. The Hall–Kier alpha value is -2.51. The van der Waals surface area contributed by atoms with Crippen LogP contribution in [0.25, 0.3) is 0 Å². The largest absolute Gasteiger partial charge is 0.459 e. The van der Waals surface area contributed by atoms with E-state index in [1.54, 1.807) is 27.9 Å². The van der Waals surface area contributed by atoms with Gasteiger partial charge in [0, 0.05) is 100 Å². The molecule has 24 atom stereocenters. The standard InChI is InChI=1S/C59H89ClO19/c1-31(16-38(61)15-14-32(2)60)17-49-51(67)53-36(6)54(73-49)55(68)59(70)28-47(65)34(4)48(79-59)13-11-9-10-12-41-19-39(62)24-57(75-41)27-44(71-8)21-43(76-57)22-46(64)35(5)52-33(3)37(29-72-52)18-45-26-56(7,69)30-58(78-45)25-40(63)20-42(77-58)23-50(66)74-53/h10,12,14-15,18,33-36,38-45,47-49,51-55,61-63,65,67-70H,1-2,9,11,13,16-17,19-30H2,3-8H3/b12-10-,15-14+,37-18+/t33-,34-,35+,36-,38-,39+,40+,41+,42-,43+,44+,45+,47+,48-,49-,51-,52+,53-,54-,55+,56+,57-,58-,59-/m1/s1. The molecule has 12 bridgehead atoms. The van der Waals surface area contributed by atoms with Gasteiger partial charge in [0.1, 0.15) is 24.1 Å². The molecule has 0 aliphatic carbocycles. The van der Waals surface area contributed by atoms with Gasteiger partial charge < -0.3 is 83.5 Å². The zero-order chi connectivity index (χ0) is 57.4. The van der Waals surface area contributed by atoms with E-state index < -0.39 is 145 Å². The first-order valence-corrected chi connectivity index (χ1v) is 29.1. The minimum atomic E-state index is -2.37. The van der Waals surface area contributed by atoms with Gasteiger partial charge in [-0.1, -0.05) is 82.3 Å². The van der Waals surface area contributed by atoms with Gasteiger partial charge in [-0.15, -0.1) is 0 Å². The lowest BCUT2D eigenvalue weighted by Crippen LogP contribution is -2.65. The topological polar surface area (TPSA) is 279 Å². The van der Waals surface area contributed by atoms with E-state index in [2.05, 4.69) is 13.2 Å². The first kappa shape index (κ1) is 62.5. The maximum atomic E-state index is 14.2. The summed E-state index contributed by atoms with van der Waals surface area (Å²) >= 11 is 5.88. The number of hydrogen-bond donors (Lipinski definition) is 8. The van der Waals surface area contributed by atoms with Gasteiger partial charge in [0.25, 0.3) is 0 Å². The van der Waals surface area contributed by atoms with Gasteiger partial charge in [0.05, 0.1) is 98.0 Å². The van der Waals surface area contributed by atoms with Crippen molar-refractivity contribution in [3.05, 3.63) is 59.7 Å². The number of ketones is 1. The lowest BCUT2D eigenvalue weighted by atomic mass is 9.78. The number of fused-ring (bicyclic) bond motifs is 10. The van der Waals surface area contributed by atoms with Gasteiger partial charge in [-0.3, -0.25) is 9.59 Å². The van der Waals surface area contributed by atoms with E-state index in [-0.39, 0.29) is 87.2 Å². The Morgan fingerprint density at radius 2 is 1.53 bits per heavy atom. The summed E-state index contributed by atoms with van der Waals surface area (Å²) in [5.41, 5.74) is -0.0333. The molecule has 0 amide bonds. The Morgan fingerprint density at radius 3 is 2.27 bits per heavy atom. The summed E-state index contributed by atoms with van der Waals surface area (Å²) < 4.78 is 57.8. The molecular formula is C59H89ClO19. The van der Waals surface area contributed by atoms with E-state index in [9.17, 15) is 50.4 Å². The number of halogens is 1. The predicted molar refractivity (Wildman–Crippen MR) is 287 cm³/mol. The molecule has 0 unspecified atom stereocenters. The van der Waals surface area contributed by atoms with Crippen LogP contribution in [0.2, 0.25) is 0 Å². The average Bonchev–Trinajstić information content (AvgIpc) is 3.81. The molecule has 8 aliphatic rings. The number of carbonyl (C=O) groups is 2. The second-order valence-corrected chi connectivity index (χ2v) is 25.3. The summed E-state index contributed by atoms with van der Waals surface area (Å²) in [6.45, 7) is 16.8. The predicted octanol–water partition coefficient (Wildman–Crippen LogP) is 4.79. The Balaban J connectivity index is 1.08. The number of carbonyl (C=O) groups excluding carboxylic acids is 2. The number of esters is 1. The molecule has 8 aliphatic heterocycles. The van der Waals surface area contributed by atoms with Crippen molar-refractivity contribution < 1.29 is 93.1 Å². The number of aliphatic hydroxyl groups is 8. The molecule has 0 saturated carbocycles. The first-order valence-electron chi connectivity index (χ1n) is 28.7. The van der Waals surface area contributed by atoms with Crippen LogP contribution in [0.5, 0.6) is 0 Å². The van der Waals surface area contributed by atoms with Crippen LogP contribution in [0.4, 0.5) is 0 Å². The summed E-state index contributed by atoms with van der Waals surface area (Å²) in [6, 6.07) is 0. The van der Waals surface area contributed by atoms with Crippen LogP contribution in [0.3, 0.4) is 0 Å². The van der Waals surface area contributed by atoms with Gasteiger partial charge in [0.2, 0.25) is 0 Å². The third-order valence-electron chi connectivity index (χ3n) is 17.9. The molecule has 446 valence electrons. The molecule has 0 aromatic heterocycles. The van der Waals surface area contributed by atoms with Crippen LogP contribution in [-0.2, 0) is 52.2 Å². The molecule has 8 N–H and O–H groups in total. The summed E-state index contributed by atoms with van der Waals surface area (Å²) in [7, 11) is 1.61. The smallest absolute Gasteiger partial charge is 0.308 e. The maximum Gasteiger partial charge on any atom is 0.308 e. The van der Waals surface area contributed by atoms with E-state index in [4.69, 9.17) is 54.2 Å². The number of methoxy groups -OCH3 is 1. The summed E-state index contributed by atoms with van der Waals surface area (Å²) in [5, 5.41) is 93.4. The molecule has 2 spiro atoms. The minimum absolute atomic E-state index is 0.00429. The Labute approximate surface area is 469 Å². The number of rotatable bonds is 7. The van der Waals surface area contributed by atoms with Crippen LogP contribution < -0.4 is 0 Å². The summed E-state index contributed by atoms with van der Waals surface area (Å²) in [6.07, 6.45) is -4.63. The molecule has 8 heterocycles. The highest BCUT2D eigenvalue weighted by molar-refractivity contribution is 6.30. The number of allylic oxidation sites excluding steroid dienone is 3. The SMILES string of the molecule is C=C(Cl)/C=C/[C@@H](O)CC(=C)C[C@H]1O[C@@H]2[C@H](C)[C@@H](OC(=O)C[C@H]3C[C@H](O)C[C@@]4(C[C@@](C)(O)C[C@H](/C=C5\CO[C@@H]([C@@H]5C)[C@@H](C)C(=O)C[C@@H]5C[C@H](OC)C[C@@]6(C[C@@H](O)C[C@H](/C=C\CCC[C@H]7O[C@](O)(C[C@H](O)[C@H]7C)[C@H]2O)O6)O5)O4)O3)[C@@H]1O. The van der Waals surface area contributed by atoms with Crippen molar-refractivity contribution in [1.82, 2.24) is 0 Å². The normalized spacial score (nSPS) is 48.3. The van der Waals surface area contributed by atoms with E-state index in [1.807, 2.05) is 32.1 Å². The van der Waals surface area contributed by atoms with Crippen molar-refractivity contribution in [3.63, 3.8) is 0 Å². The second kappa shape index (κ2) is 25.8. The quantitative estimate of drug-likeness (QED) is 0.0967. The van der Waals surface area contributed by atoms with Crippen LogP contribution in [0.1, 0.15) is 137 Å². The Kier molecular flexibility index (Phi) is 20.4. The van der Waals surface area contributed by atoms with Crippen molar-refractivity contribution in [1.29, 1.82) is 0 Å². The molecule has 0 aromatic rings. The highest BCUT2D eigenvalue weighted by atomic mass is 35.5. The number of hydrogen-bond acceptors (Lipinski definition) is 19. The van der Waals surface area contributed by atoms with Crippen molar-refractivity contribution in [2.75, 3.05) is 13.7 Å². The maximum absolute atomic E-state index is 14.2. The van der Waals surface area contributed by atoms with Crippen molar-refractivity contribution in [2.45, 2.75) is 258 Å². The van der Waals surface area contributed by atoms with E-state index in [1.165, 1.54) is 12.2 Å². The van der Waals surface area contributed by atoms with Crippen LogP contribution >= 0.6 is 11.6 Å². The molecule has 0 aromatic carbocycles. The fourth-order valence-corrected chi connectivity index (χ4v) is 14.0. The molecule has 7 saturated heterocycles. The molecular weight excluding hydrogens is 1050 g/mol. The highest BCUT2D eigenvalue weighted by Crippen LogP contribution is 2.47. The number of aliphatic hydroxyl groups excluding tert-OH is 6. The second-order valence-electron chi connectivity index (χ2n) is 24.9. The average molecular weight is 1140 g/mol. The number of Topliss-reactive ketones (excluding diaryl/α,β-unsaturated/α-hetero) is 1. The minimum Gasteiger partial charge on any atom is -0.459 e. The van der Waals surface area contributed by atoms with E-state index in [0.29, 0.717) is 44.1 Å². The fourth-order valence-electron chi connectivity index (χ4n) is 13.9. The van der Waals surface area contributed by atoms with Gasteiger partial charge in [-0.2, -0.15) is 0 Å². The monoisotopic (exact) mass is 1140 g/mol. The van der Waals surface area contributed by atoms with E-state index >= 15 is 0 Å². The summed E-state index contributed by atoms with van der Waals surface area (Å²) in [4.78, 5) is 28.4. The molecule has 19 nitrogen and oxygen atoms in total. The summed E-state index contributed by atoms with van der Waals surface area (Å²) in [5.74, 6) is -8.17. The lowest BCUT2D eigenvalue weighted by molar-refractivity contribution is -0.350. The van der Waals surface area contributed by atoms with Crippen LogP contribution in [0.15, 0.2) is 59.7 Å². The van der Waals surface area contributed by atoms with Crippen LogP contribution in [0, 0.1) is 23.7 Å². The molecule has 0 radical (unpaired) electrons. The van der Waals surface area contributed by atoms with Crippen molar-refractivity contribution in [2.24, 2.45) is 23.7 Å². The first-order chi connectivity index (χ1) is 37.2. The van der Waals surface area contributed by atoms with Crippen LogP contribution in [-0.4, -0.2) is 187 Å². The number of ether oxygens (including phenoxy) is 9.